The van der Waals surface area contributed by atoms with Crippen LogP contribution in [0.15, 0.2) is 0 Å². The number of rotatable bonds is 3. The SMILES string of the molecule is CC1(C)C(CC2C[C@@]2(C)CO)CC2C[C@]21C. The molecule has 16 heavy (non-hydrogen) atoms. The highest BCUT2D eigenvalue weighted by Crippen LogP contribution is 2.75. The molecule has 5 atom stereocenters. The lowest BCUT2D eigenvalue weighted by molar-refractivity contribution is 0.126. The summed E-state index contributed by atoms with van der Waals surface area (Å²) in [5.41, 5.74) is 1.47. The van der Waals surface area contributed by atoms with Gasteiger partial charge in [-0.25, -0.2) is 0 Å². The van der Waals surface area contributed by atoms with Crippen molar-refractivity contribution in [1.82, 2.24) is 0 Å². The van der Waals surface area contributed by atoms with E-state index in [4.69, 9.17) is 0 Å². The van der Waals surface area contributed by atoms with E-state index >= 15 is 0 Å². The molecule has 3 fully saturated rings. The summed E-state index contributed by atoms with van der Waals surface area (Å²) in [4.78, 5) is 0. The molecule has 3 aliphatic carbocycles. The average Bonchev–Trinajstić information content (AvgIpc) is 3.03. The van der Waals surface area contributed by atoms with Crippen molar-refractivity contribution < 1.29 is 5.11 Å². The fraction of sp³-hybridized carbons (Fsp3) is 1.00. The van der Waals surface area contributed by atoms with Gasteiger partial charge in [-0.1, -0.05) is 27.7 Å². The Hall–Kier alpha value is -0.0400. The summed E-state index contributed by atoms with van der Waals surface area (Å²) >= 11 is 0. The summed E-state index contributed by atoms with van der Waals surface area (Å²) in [6.07, 6.45) is 5.56. The summed E-state index contributed by atoms with van der Waals surface area (Å²) in [5.74, 6) is 2.74. The standard InChI is InChI=1S/C15H26O/c1-13(2)10(6-12-8-15(12,13)4)5-11-7-14(11,3)9-16/h10-12,16H,5-9H2,1-4H3/t10?,11?,12?,14-,15+/m0/s1. The second kappa shape index (κ2) is 2.85. The number of aliphatic hydroxyl groups is 1. The molecule has 0 heterocycles. The van der Waals surface area contributed by atoms with Crippen molar-refractivity contribution in [3.05, 3.63) is 0 Å². The molecule has 3 aliphatic rings. The van der Waals surface area contributed by atoms with Gasteiger partial charge in [0, 0.05) is 6.61 Å². The van der Waals surface area contributed by atoms with Crippen molar-refractivity contribution in [2.24, 2.45) is 34.0 Å². The zero-order valence-electron chi connectivity index (χ0n) is 11.2. The van der Waals surface area contributed by atoms with Gasteiger partial charge in [-0.3, -0.25) is 0 Å². The molecular formula is C15H26O. The number of hydrogen-bond acceptors (Lipinski definition) is 1. The first kappa shape index (κ1) is 11.1. The van der Waals surface area contributed by atoms with Crippen molar-refractivity contribution >= 4 is 0 Å². The van der Waals surface area contributed by atoms with E-state index in [2.05, 4.69) is 27.7 Å². The molecule has 1 nitrogen and oxygen atoms in total. The summed E-state index contributed by atoms with van der Waals surface area (Å²) < 4.78 is 0. The van der Waals surface area contributed by atoms with Gasteiger partial charge >= 0.3 is 0 Å². The summed E-state index contributed by atoms with van der Waals surface area (Å²) in [6.45, 7) is 10.1. The zero-order chi connectivity index (χ0) is 11.8. The van der Waals surface area contributed by atoms with Crippen molar-refractivity contribution in [1.29, 1.82) is 0 Å². The van der Waals surface area contributed by atoms with Crippen LogP contribution in [0.1, 0.15) is 53.4 Å². The lowest BCUT2D eigenvalue weighted by Gasteiger charge is -2.36. The van der Waals surface area contributed by atoms with Crippen LogP contribution in [0.4, 0.5) is 0 Å². The second-order valence-electron chi connectivity index (χ2n) is 7.92. The minimum Gasteiger partial charge on any atom is -0.396 e. The van der Waals surface area contributed by atoms with E-state index in [1.54, 1.807) is 0 Å². The number of fused-ring (bicyclic) bond motifs is 1. The Kier molecular flexibility index (Phi) is 1.98. The molecule has 0 bridgehead atoms. The highest BCUT2D eigenvalue weighted by Gasteiger charge is 2.68. The Labute approximate surface area is 99.6 Å². The van der Waals surface area contributed by atoms with Crippen LogP contribution in [0.2, 0.25) is 0 Å². The van der Waals surface area contributed by atoms with E-state index in [1.807, 2.05) is 0 Å². The van der Waals surface area contributed by atoms with Crippen LogP contribution in [0.3, 0.4) is 0 Å². The molecule has 0 aliphatic heterocycles. The minimum atomic E-state index is 0.282. The maximum Gasteiger partial charge on any atom is 0.0487 e. The minimum absolute atomic E-state index is 0.282. The average molecular weight is 222 g/mol. The van der Waals surface area contributed by atoms with Gasteiger partial charge in [-0.2, -0.15) is 0 Å². The summed E-state index contributed by atoms with van der Waals surface area (Å²) in [6, 6.07) is 0. The monoisotopic (exact) mass is 222 g/mol. The van der Waals surface area contributed by atoms with Gasteiger partial charge in [0.15, 0.2) is 0 Å². The maximum atomic E-state index is 9.35. The molecule has 0 aromatic heterocycles. The highest BCUT2D eigenvalue weighted by atomic mass is 16.3. The largest absolute Gasteiger partial charge is 0.396 e. The van der Waals surface area contributed by atoms with E-state index in [0.29, 0.717) is 17.4 Å². The van der Waals surface area contributed by atoms with Crippen LogP contribution in [0, 0.1) is 34.0 Å². The predicted octanol–water partition coefficient (Wildman–Crippen LogP) is 3.47. The Morgan fingerprint density at radius 1 is 1.06 bits per heavy atom. The molecule has 0 spiro atoms. The third-order valence-corrected chi connectivity index (χ3v) is 6.94. The van der Waals surface area contributed by atoms with Crippen LogP contribution in [0.5, 0.6) is 0 Å². The lowest BCUT2D eigenvalue weighted by Crippen LogP contribution is -2.28. The van der Waals surface area contributed by atoms with Crippen molar-refractivity contribution in [3.63, 3.8) is 0 Å². The third kappa shape index (κ3) is 1.21. The Bertz CT molecular complexity index is 321. The van der Waals surface area contributed by atoms with Gasteiger partial charge in [0.25, 0.3) is 0 Å². The van der Waals surface area contributed by atoms with E-state index in [-0.39, 0.29) is 5.41 Å². The molecule has 0 saturated heterocycles. The first-order valence-corrected chi connectivity index (χ1v) is 6.94. The van der Waals surface area contributed by atoms with E-state index < -0.39 is 0 Å². The van der Waals surface area contributed by atoms with Crippen molar-refractivity contribution in [2.75, 3.05) is 6.61 Å². The molecular weight excluding hydrogens is 196 g/mol. The first-order chi connectivity index (χ1) is 7.33. The predicted molar refractivity (Wildman–Crippen MR) is 66.0 cm³/mol. The fourth-order valence-corrected chi connectivity index (χ4v) is 4.49. The maximum absolute atomic E-state index is 9.35. The fourth-order valence-electron chi connectivity index (χ4n) is 4.49. The molecule has 0 amide bonds. The lowest BCUT2D eigenvalue weighted by atomic mass is 9.69. The second-order valence-corrected chi connectivity index (χ2v) is 7.92. The Balaban J connectivity index is 1.66. The molecule has 0 radical (unpaired) electrons. The normalized spacial score (nSPS) is 57.2. The van der Waals surface area contributed by atoms with Crippen LogP contribution >= 0.6 is 0 Å². The topological polar surface area (TPSA) is 20.2 Å². The van der Waals surface area contributed by atoms with Gasteiger partial charge in [0.05, 0.1) is 0 Å². The number of aliphatic hydroxyl groups excluding tert-OH is 1. The van der Waals surface area contributed by atoms with E-state index in [1.165, 1.54) is 25.7 Å². The highest BCUT2D eigenvalue weighted by molar-refractivity contribution is 5.16. The molecule has 3 saturated carbocycles. The van der Waals surface area contributed by atoms with Gasteiger partial charge in [-0.05, 0) is 59.7 Å². The van der Waals surface area contributed by atoms with Crippen LogP contribution in [-0.2, 0) is 0 Å². The van der Waals surface area contributed by atoms with Crippen LogP contribution in [-0.4, -0.2) is 11.7 Å². The molecule has 0 aromatic rings. The van der Waals surface area contributed by atoms with Gasteiger partial charge < -0.3 is 5.11 Å². The molecule has 1 N–H and O–H groups in total. The molecule has 0 aromatic carbocycles. The quantitative estimate of drug-likeness (QED) is 0.775. The first-order valence-electron chi connectivity index (χ1n) is 6.94. The zero-order valence-corrected chi connectivity index (χ0v) is 11.2. The van der Waals surface area contributed by atoms with E-state index in [0.717, 1.165) is 17.8 Å². The van der Waals surface area contributed by atoms with Gasteiger partial charge in [0.2, 0.25) is 0 Å². The van der Waals surface area contributed by atoms with Gasteiger partial charge in [-0.15, -0.1) is 0 Å². The summed E-state index contributed by atoms with van der Waals surface area (Å²) in [5, 5.41) is 9.35. The van der Waals surface area contributed by atoms with E-state index in [9.17, 15) is 5.11 Å². The Morgan fingerprint density at radius 3 is 2.19 bits per heavy atom. The molecule has 1 heteroatoms. The van der Waals surface area contributed by atoms with Crippen LogP contribution < -0.4 is 0 Å². The number of hydrogen-bond donors (Lipinski definition) is 1. The third-order valence-electron chi connectivity index (χ3n) is 6.94. The van der Waals surface area contributed by atoms with Crippen molar-refractivity contribution in [2.45, 2.75) is 53.4 Å². The molecule has 92 valence electrons. The molecule has 3 unspecified atom stereocenters. The van der Waals surface area contributed by atoms with Gasteiger partial charge in [0.1, 0.15) is 0 Å². The van der Waals surface area contributed by atoms with Crippen LogP contribution in [0.25, 0.3) is 0 Å². The smallest absolute Gasteiger partial charge is 0.0487 e. The summed E-state index contributed by atoms with van der Waals surface area (Å²) in [7, 11) is 0. The molecule has 3 rings (SSSR count). The Morgan fingerprint density at radius 2 is 1.75 bits per heavy atom. The van der Waals surface area contributed by atoms with Crippen molar-refractivity contribution in [3.8, 4) is 0 Å².